The van der Waals surface area contributed by atoms with Gasteiger partial charge in [0.15, 0.2) is 5.60 Å². The number of nitrogens with one attached hydrogen (secondary N) is 2. The number of amides is 2. The van der Waals surface area contributed by atoms with Crippen molar-refractivity contribution in [2.45, 2.75) is 19.4 Å². The van der Waals surface area contributed by atoms with E-state index in [1.807, 2.05) is 0 Å². The molecule has 1 atom stereocenters. The molecule has 1 aromatic carbocycles. The number of aliphatic carboxylic acids is 1. The number of hydrogen-bond acceptors (Lipinski definition) is 4. The van der Waals surface area contributed by atoms with Crippen LogP contribution in [0.5, 0.6) is 0 Å². The normalized spacial score (nSPS) is 13.2. The number of hydrogen-bond donors (Lipinski definition) is 4. The van der Waals surface area contributed by atoms with Crippen LogP contribution in [0, 0.1) is 12.7 Å². The predicted octanol–water partition coefficient (Wildman–Crippen LogP) is 1.28. The monoisotopic (exact) mass is 336 g/mol. The highest BCUT2D eigenvalue weighted by Gasteiger charge is 2.30. The van der Waals surface area contributed by atoms with Gasteiger partial charge in [-0.05, 0) is 26.0 Å². The summed E-state index contributed by atoms with van der Waals surface area (Å²) in [6, 6.07) is 5.34. The second-order valence-electron chi connectivity index (χ2n) is 5.39. The highest BCUT2D eigenvalue weighted by molar-refractivity contribution is 5.90. The molecule has 0 aliphatic rings. The number of nitrogens with zero attached hydrogens (tertiary/aromatic N) is 2. The number of carboxylic acids is 1. The van der Waals surface area contributed by atoms with E-state index < -0.39 is 30.0 Å². The molecule has 2 aromatic rings. The van der Waals surface area contributed by atoms with Gasteiger partial charge in [-0.2, -0.15) is 5.10 Å². The van der Waals surface area contributed by atoms with Crippen LogP contribution in [-0.4, -0.2) is 44.1 Å². The minimum atomic E-state index is -2.08. The van der Waals surface area contributed by atoms with Gasteiger partial charge < -0.3 is 20.8 Å². The number of carbonyl (C=O) groups excluding carboxylic acids is 1. The zero-order chi connectivity index (χ0) is 17.9. The number of carbonyl (C=O) groups is 2. The molecule has 0 bridgehead atoms. The molecule has 0 fully saturated rings. The van der Waals surface area contributed by atoms with Crippen molar-refractivity contribution in [2.75, 3.05) is 11.9 Å². The fourth-order valence-corrected chi connectivity index (χ4v) is 1.89. The minimum Gasteiger partial charge on any atom is -0.479 e. The van der Waals surface area contributed by atoms with Gasteiger partial charge in [-0.1, -0.05) is 12.1 Å². The van der Waals surface area contributed by atoms with Gasteiger partial charge in [0, 0.05) is 0 Å². The van der Waals surface area contributed by atoms with E-state index in [-0.39, 0.29) is 5.69 Å². The van der Waals surface area contributed by atoms with E-state index in [1.54, 1.807) is 25.1 Å². The first-order chi connectivity index (χ1) is 11.2. The quantitative estimate of drug-likeness (QED) is 0.656. The summed E-state index contributed by atoms with van der Waals surface area (Å²) in [4.78, 5) is 22.6. The van der Waals surface area contributed by atoms with Crippen LogP contribution in [-0.2, 0) is 4.79 Å². The lowest BCUT2D eigenvalue weighted by atomic mass is 10.1. The molecule has 0 saturated carbocycles. The average Bonchev–Trinajstić information content (AvgIpc) is 2.87. The van der Waals surface area contributed by atoms with Crippen LogP contribution in [0.15, 0.2) is 30.5 Å². The molecular weight excluding hydrogens is 319 g/mol. The van der Waals surface area contributed by atoms with E-state index in [2.05, 4.69) is 15.7 Å². The zero-order valence-electron chi connectivity index (χ0n) is 13.1. The number of anilines is 1. The van der Waals surface area contributed by atoms with E-state index in [0.717, 1.165) is 6.92 Å². The predicted molar refractivity (Wildman–Crippen MR) is 83.5 cm³/mol. The first kappa shape index (κ1) is 17.4. The summed E-state index contributed by atoms with van der Waals surface area (Å²) in [6.07, 6.45) is 1.34. The number of aliphatic hydroxyl groups is 1. The maximum Gasteiger partial charge on any atom is 0.337 e. The fraction of sp³-hybridized carbons (Fsp3) is 0.267. The third kappa shape index (κ3) is 3.69. The SMILES string of the molecule is Cc1c(NC(=O)NCC(C)(O)C(=O)O)cnn1-c1ccccc1F. The van der Waals surface area contributed by atoms with E-state index in [4.69, 9.17) is 5.11 Å². The van der Waals surface area contributed by atoms with Crippen LogP contribution >= 0.6 is 0 Å². The molecule has 0 radical (unpaired) electrons. The molecule has 1 aromatic heterocycles. The summed E-state index contributed by atoms with van der Waals surface area (Å²) in [7, 11) is 0. The number of urea groups is 1. The van der Waals surface area contributed by atoms with Gasteiger partial charge in [-0.25, -0.2) is 18.7 Å². The summed E-state index contributed by atoms with van der Waals surface area (Å²) < 4.78 is 15.1. The van der Waals surface area contributed by atoms with Gasteiger partial charge in [0.1, 0.15) is 11.5 Å². The molecule has 24 heavy (non-hydrogen) atoms. The Morgan fingerprint density at radius 1 is 1.38 bits per heavy atom. The lowest BCUT2D eigenvalue weighted by Crippen LogP contribution is -2.47. The first-order valence-corrected chi connectivity index (χ1v) is 7.02. The number of rotatable bonds is 5. The van der Waals surface area contributed by atoms with E-state index in [0.29, 0.717) is 11.4 Å². The second-order valence-corrected chi connectivity index (χ2v) is 5.39. The Labute approximate surface area is 136 Å². The van der Waals surface area contributed by atoms with Crippen LogP contribution in [0.2, 0.25) is 0 Å². The maximum atomic E-state index is 13.8. The molecule has 4 N–H and O–H groups in total. The highest BCUT2D eigenvalue weighted by Crippen LogP contribution is 2.20. The molecular formula is C15H17FN4O4. The minimum absolute atomic E-state index is 0.234. The fourth-order valence-electron chi connectivity index (χ4n) is 1.89. The van der Waals surface area contributed by atoms with Crippen molar-refractivity contribution in [1.29, 1.82) is 0 Å². The van der Waals surface area contributed by atoms with Gasteiger partial charge in [0.25, 0.3) is 0 Å². The zero-order valence-corrected chi connectivity index (χ0v) is 13.1. The Balaban J connectivity index is 2.08. The van der Waals surface area contributed by atoms with Crippen LogP contribution in [0.3, 0.4) is 0 Å². The summed E-state index contributed by atoms with van der Waals surface area (Å²) in [5, 5.41) is 27.1. The van der Waals surface area contributed by atoms with Crippen molar-refractivity contribution in [3.05, 3.63) is 42.0 Å². The molecule has 1 heterocycles. The summed E-state index contributed by atoms with van der Waals surface area (Å²) in [5.41, 5.74) is -1.03. The van der Waals surface area contributed by atoms with Crippen LogP contribution in [0.25, 0.3) is 5.69 Å². The van der Waals surface area contributed by atoms with Gasteiger partial charge in [0.05, 0.1) is 24.1 Å². The van der Waals surface area contributed by atoms with Crippen LogP contribution in [0.1, 0.15) is 12.6 Å². The van der Waals surface area contributed by atoms with Gasteiger partial charge >= 0.3 is 12.0 Å². The summed E-state index contributed by atoms with van der Waals surface area (Å²) in [5.74, 6) is -1.91. The third-order valence-corrected chi connectivity index (χ3v) is 3.39. The van der Waals surface area contributed by atoms with Gasteiger partial charge in [-0.15, -0.1) is 0 Å². The van der Waals surface area contributed by atoms with Crippen molar-refractivity contribution < 1.29 is 24.2 Å². The molecule has 2 amide bonds. The Bertz CT molecular complexity index is 773. The first-order valence-electron chi connectivity index (χ1n) is 7.02. The van der Waals surface area contributed by atoms with E-state index >= 15 is 0 Å². The number of para-hydroxylation sites is 1. The summed E-state index contributed by atoms with van der Waals surface area (Å²) >= 11 is 0. The number of carboxylic acid groups (broad SMARTS) is 1. The number of benzene rings is 1. The molecule has 0 aliphatic heterocycles. The van der Waals surface area contributed by atoms with E-state index in [1.165, 1.54) is 16.9 Å². The van der Waals surface area contributed by atoms with Crippen molar-refractivity contribution in [2.24, 2.45) is 0 Å². The van der Waals surface area contributed by atoms with Crippen molar-refractivity contribution in [3.63, 3.8) is 0 Å². The topological polar surface area (TPSA) is 116 Å². The standard InChI is InChI=1S/C15H17FN4O4/c1-9-11(19-14(23)17-8-15(2,24)13(21)22)7-18-20(9)12-6-4-3-5-10(12)16/h3-7,24H,8H2,1-2H3,(H,21,22)(H2,17,19,23). The van der Waals surface area contributed by atoms with Crippen molar-refractivity contribution in [1.82, 2.24) is 15.1 Å². The molecule has 2 rings (SSSR count). The highest BCUT2D eigenvalue weighted by atomic mass is 19.1. The van der Waals surface area contributed by atoms with Crippen molar-refractivity contribution >= 4 is 17.7 Å². The van der Waals surface area contributed by atoms with Gasteiger partial charge in [0.2, 0.25) is 0 Å². The van der Waals surface area contributed by atoms with Crippen molar-refractivity contribution in [3.8, 4) is 5.69 Å². The molecule has 0 saturated heterocycles. The smallest absolute Gasteiger partial charge is 0.337 e. The molecule has 0 spiro atoms. The Morgan fingerprint density at radius 2 is 2.04 bits per heavy atom. The molecule has 9 heteroatoms. The Hall–Kier alpha value is -2.94. The molecule has 0 aliphatic carbocycles. The maximum absolute atomic E-state index is 13.8. The molecule has 1 unspecified atom stereocenters. The Morgan fingerprint density at radius 3 is 2.67 bits per heavy atom. The lowest BCUT2D eigenvalue weighted by molar-refractivity contribution is -0.155. The van der Waals surface area contributed by atoms with Gasteiger partial charge in [-0.3, -0.25) is 0 Å². The van der Waals surface area contributed by atoms with Crippen LogP contribution < -0.4 is 10.6 Å². The number of aromatic nitrogens is 2. The molecule has 128 valence electrons. The molecule has 8 nitrogen and oxygen atoms in total. The average molecular weight is 336 g/mol. The summed E-state index contributed by atoms with van der Waals surface area (Å²) in [6.45, 7) is 2.23. The third-order valence-electron chi connectivity index (χ3n) is 3.39. The second kappa shape index (κ2) is 6.67. The lowest BCUT2D eigenvalue weighted by Gasteiger charge is -2.18. The Kier molecular flexibility index (Phi) is 4.84. The van der Waals surface area contributed by atoms with Crippen LogP contribution in [0.4, 0.5) is 14.9 Å². The largest absolute Gasteiger partial charge is 0.479 e. The number of halogens is 1. The van der Waals surface area contributed by atoms with E-state index in [9.17, 15) is 19.1 Å².